The molecule has 9 heteroatoms. The van der Waals surface area contributed by atoms with Gasteiger partial charge in [0.05, 0.1) is 12.1 Å². The van der Waals surface area contributed by atoms with Crippen LogP contribution in [0.25, 0.3) is 0 Å². The van der Waals surface area contributed by atoms with Gasteiger partial charge in [0.1, 0.15) is 12.2 Å². The van der Waals surface area contributed by atoms with E-state index in [-0.39, 0.29) is 24.7 Å². The van der Waals surface area contributed by atoms with E-state index in [0.29, 0.717) is 18.7 Å². The van der Waals surface area contributed by atoms with Crippen molar-refractivity contribution in [3.8, 4) is 0 Å². The van der Waals surface area contributed by atoms with E-state index in [1.54, 1.807) is 6.92 Å². The first-order valence-corrected chi connectivity index (χ1v) is 6.34. The van der Waals surface area contributed by atoms with Crippen LogP contribution < -0.4 is 10.6 Å². The Kier molecular flexibility index (Phi) is 4.51. The molecule has 2 rings (SSSR count). The van der Waals surface area contributed by atoms with Crippen molar-refractivity contribution >= 4 is 12.0 Å². The van der Waals surface area contributed by atoms with Gasteiger partial charge in [0.25, 0.3) is 0 Å². The van der Waals surface area contributed by atoms with Gasteiger partial charge in [0, 0.05) is 6.54 Å². The number of H-pyrrole nitrogens is 1. The molecule has 9 nitrogen and oxygen atoms in total. The summed E-state index contributed by atoms with van der Waals surface area (Å²) in [5, 5.41) is 20.5. The molecule has 0 aliphatic carbocycles. The molecular formula is C11H17N5O4. The zero-order chi connectivity index (χ0) is 14.5. The van der Waals surface area contributed by atoms with Crippen LogP contribution in [0, 0.1) is 0 Å². The van der Waals surface area contributed by atoms with Crippen molar-refractivity contribution < 1.29 is 19.4 Å². The summed E-state index contributed by atoms with van der Waals surface area (Å²) in [6.07, 6.45) is 1.43. The van der Waals surface area contributed by atoms with Gasteiger partial charge in [-0.2, -0.15) is 5.10 Å². The van der Waals surface area contributed by atoms with Crippen LogP contribution in [0.2, 0.25) is 0 Å². The normalized spacial score (nSPS) is 23.2. The highest BCUT2D eigenvalue weighted by Gasteiger charge is 2.30. The number of nitrogens with one attached hydrogen (secondary N) is 3. The number of aromatic nitrogens is 3. The van der Waals surface area contributed by atoms with Gasteiger partial charge < -0.3 is 20.5 Å². The fourth-order valence-electron chi connectivity index (χ4n) is 1.98. The van der Waals surface area contributed by atoms with Crippen molar-refractivity contribution in [1.82, 2.24) is 25.8 Å². The maximum absolute atomic E-state index is 11.7. The van der Waals surface area contributed by atoms with Crippen LogP contribution in [-0.4, -0.2) is 51.0 Å². The molecule has 1 aliphatic heterocycles. The fraction of sp³-hybridized carbons (Fsp3) is 0.636. The van der Waals surface area contributed by atoms with E-state index in [2.05, 4.69) is 25.8 Å². The van der Waals surface area contributed by atoms with Gasteiger partial charge in [0.15, 0.2) is 6.10 Å². The molecule has 20 heavy (non-hydrogen) atoms. The Balaban J connectivity index is 1.69. The molecular weight excluding hydrogens is 266 g/mol. The molecule has 0 spiro atoms. The van der Waals surface area contributed by atoms with Crippen LogP contribution in [0.15, 0.2) is 6.33 Å². The first kappa shape index (κ1) is 14.3. The highest BCUT2D eigenvalue weighted by atomic mass is 16.5. The minimum Gasteiger partial charge on any atom is -0.479 e. The van der Waals surface area contributed by atoms with Gasteiger partial charge in [-0.05, 0) is 19.8 Å². The van der Waals surface area contributed by atoms with Gasteiger partial charge in [-0.1, -0.05) is 0 Å². The fourth-order valence-corrected chi connectivity index (χ4v) is 1.98. The van der Waals surface area contributed by atoms with Gasteiger partial charge in [-0.25, -0.2) is 14.6 Å². The van der Waals surface area contributed by atoms with Gasteiger partial charge in [-0.3, -0.25) is 5.10 Å². The molecule has 0 aromatic carbocycles. The van der Waals surface area contributed by atoms with Crippen molar-refractivity contribution in [1.29, 1.82) is 0 Å². The smallest absolute Gasteiger partial charge is 0.332 e. The number of nitrogens with zero attached hydrogens (tertiary/aromatic N) is 2. The number of carbonyl (C=O) groups is 2. The number of carboxylic acids is 1. The largest absolute Gasteiger partial charge is 0.479 e. The van der Waals surface area contributed by atoms with E-state index in [9.17, 15) is 9.59 Å². The van der Waals surface area contributed by atoms with E-state index in [1.807, 2.05) is 0 Å². The van der Waals surface area contributed by atoms with Crippen LogP contribution in [-0.2, 0) is 9.53 Å². The Bertz CT molecular complexity index is 463. The van der Waals surface area contributed by atoms with Crippen molar-refractivity contribution in [2.24, 2.45) is 0 Å². The van der Waals surface area contributed by atoms with Crippen molar-refractivity contribution in [2.75, 3.05) is 6.54 Å². The summed E-state index contributed by atoms with van der Waals surface area (Å²) in [6.45, 7) is 2.05. The highest BCUT2D eigenvalue weighted by molar-refractivity contribution is 5.74. The number of carboxylic acid groups (broad SMARTS) is 1. The summed E-state index contributed by atoms with van der Waals surface area (Å²) in [4.78, 5) is 26.3. The molecule has 0 radical (unpaired) electrons. The predicted molar refractivity (Wildman–Crippen MR) is 66.9 cm³/mol. The predicted octanol–water partition coefficient (Wildman–Crippen LogP) is -0.203. The Morgan fingerprint density at radius 2 is 2.40 bits per heavy atom. The van der Waals surface area contributed by atoms with E-state index < -0.39 is 12.1 Å². The maximum Gasteiger partial charge on any atom is 0.332 e. The second kappa shape index (κ2) is 6.33. The summed E-state index contributed by atoms with van der Waals surface area (Å²) < 4.78 is 5.28. The molecule has 4 N–H and O–H groups in total. The summed E-state index contributed by atoms with van der Waals surface area (Å²) in [5.41, 5.74) is 0. The lowest BCUT2D eigenvalue weighted by Gasteiger charge is -2.15. The van der Waals surface area contributed by atoms with Crippen LogP contribution in [0.5, 0.6) is 0 Å². The Morgan fingerprint density at radius 3 is 3.00 bits per heavy atom. The third-order valence-corrected chi connectivity index (χ3v) is 3.06. The molecule has 1 saturated heterocycles. The second-order valence-electron chi connectivity index (χ2n) is 4.61. The second-order valence-corrected chi connectivity index (χ2v) is 4.61. The number of ether oxygens (including phenoxy) is 1. The summed E-state index contributed by atoms with van der Waals surface area (Å²) in [6, 6.07) is -0.662. The molecule has 2 heterocycles. The number of aromatic amines is 1. The number of aliphatic carboxylic acids is 1. The van der Waals surface area contributed by atoms with Gasteiger partial charge >= 0.3 is 12.0 Å². The van der Waals surface area contributed by atoms with Crippen LogP contribution in [0.3, 0.4) is 0 Å². The third kappa shape index (κ3) is 3.67. The molecule has 0 saturated carbocycles. The van der Waals surface area contributed by atoms with Gasteiger partial charge in [-0.15, -0.1) is 0 Å². The zero-order valence-corrected chi connectivity index (χ0v) is 11.0. The Hall–Kier alpha value is -2.16. The lowest BCUT2D eigenvalue weighted by molar-refractivity contribution is -0.149. The maximum atomic E-state index is 11.7. The zero-order valence-electron chi connectivity index (χ0n) is 11.0. The topological polar surface area (TPSA) is 129 Å². The Labute approximate surface area is 115 Å². The first-order chi connectivity index (χ1) is 9.56. The van der Waals surface area contributed by atoms with E-state index in [1.165, 1.54) is 6.33 Å². The Morgan fingerprint density at radius 1 is 1.60 bits per heavy atom. The van der Waals surface area contributed by atoms with E-state index in [4.69, 9.17) is 9.84 Å². The van der Waals surface area contributed by atoms with E-state index >= 15 is 0 Å². The SMILES string of the molecule is CC(NC(=O)NCC1CCC(C(=O)O)O1)c1ncn[nH]1. The lowest BCUT2D eigenvalue weighted by atomic mass is 10.2. The average Bonchev–Trinajstić information content (AvgIpc) is 3.07. The standard InChI is InChI=1S/C11H17N5O4/c1-6(9-13-5-14-16-9)15-11(19)12-4-7-2-3-8(20-7)10(17)18/h5-8H,2-4H2,1H3,(H,17,18)(H2,12,15,19)(H,13,14,16). The quantitative estimate of drug-likeness (QED) is 0.592. The van der Waals surface area contributed by atoms with Crippen LogP contribution in [0.4, 0.5) is 4.79 Å². The average molecular weight is 283 g/mol. The molecule has 3 unspecified atom stereocenters. The van der Waals surface area contributed by atoms with Crippen LogP contribution >= 0.6 is 0 Å². The lowest BCUT2D eigenvalue weighted by Crippen LogP contribution is -2.41. The number of rotatable bonds is 5. The van der Waals surface area contributed by atoms with Crippen molar-refractivity contribution in [2.45, 2.75) is 38.0 Å². The number of hydrogen-bond donors (Lipinski definition) is 4. The minimum atomic E-state index is -0.962. The molecule has 2 amide bonds. The molecule has 0 bridgehead atoms. The number of urea groups is 1. The monoisotopic (exact) mass is 283 g/mol. The van der Waals surface area contributed by atoms with E-state index in [0.717, 1.165) is 0 Å². The molecule has 1 aromatic heterocycles. The summed E-state index contributed by atoms with van der Waals surface area (Å²) >= 11 is 0. The molecule has 1 aliphatic rings. The molecule has 3 atom stereocenters. The molecule has 110 valence electrons. The number of amides is 2. The minimum absolute atomic E-state index is 0.262. The third-order valence-electron chi connectivity index (χ3n) is 3.06. The molecule has 1 aromatic rings. The van der Waals surface area contributed by atoms with Crippen molar-refractivity contribution in [3.63, 3.8) is 0 Å². The van der Waals surface area contributed by atoms with Gasteiger partial charge in [0.2, 0.25) is 0 Å². The molecule has 1 fully saturated rings. The highest BCUT2D eigenvalue weighted by Crippen LogP contribution is 2.19. The number of carbonyl (C=O) groups excluding carboxylic acids is 1. The van der Waals surface area contributed by atoms with Crippen molar-refractivity contribution in [3.05, 3.63) is 12.2 Å². The summed E-state index contributed by atoms with van der Waals surface area (Å²) in [5.74, 6) is -0.404. The number of hydrogen-bond acceptors (Lipinski definition) is 5. The van der Waals surface area contributed by atoms with Crippen LogP contribution in [0.1, 0.15) is 31.6 Å². The summed E-state index contributed by atoms with van der Waals surface area (Å²) in [7, 11) is 0. The first-order valence-electron chi connectivity index (χ1n) is 6.34.